The Kier molecular flexibility index (Phi) is 9.91. The maximum absolute atomic E-state index is 13.2. The minimum atomic E-state index is -1.05. The lowest BCUT2D eigenvalue weighted by Crippen LogP contribution is -2.76. The quantitative estimate of drug-likeness (QED) is 0.0950. The highest BCUT2D eigenvalue weighted by atomic mass is 16.6. The van der Waals surface area contributed by atoms with Crippen molar-refractivity contribution in [3.05, 3.63) is 35.9 Å². The topological polar surface area (TPSA) is 76.1 Å². The van der Waals surface area contributed by atoms with Crippen LogP contribution < -0.4 is 9.47 Å². The SMILES string of the molecule is C=CCN1CC[C@]23c4c5ccc(OC(=O)CCCCCCCCCCCCCCC)c4O[C@H]2C(=O)CC[C@@]3(O)[C@H]1C5. The number of ketones is 1. The minimum Gasteiger partial charge on any atom is -0.477 e. The van der Waals surface area contributed by atoms with Gasteiger partial charge in [0.1, 0.15) is 0 Å². The summed E-state index contributed by atoms with van der Waals surface area (Å²) in [7, 11) is 0. The molecular formula is C35H51NO5. The second-order valence-electron chi connectivity index (χ2n) is 13.0. The van der Waals surface area contributed by atoms with E-state index in [-0.39, 0.29) is 17.8 Å². The average Bonchev–Trinajstić information content (AvgIpc) is 3.32. The van der Waals surface area contributed by atoms with Gasteiger partial charge in [-0.15, -0.1) is 6.58 Å². The molecule has 1 N–H and O–H groups in total. The van der Waals surface area contributed by atoms with Gasteiger partial charge in [-0.1, -0.05) is 96.1 Å². The maximum Gasteiger partial charge on any atom is 0.311 e. The Balaban J connectivity index is 1.13. The largest absolute Gasteiger partial charge is 0.477 e. The number of esters is 1. The lowest BCUT2D eigenvalue weighted by molar-refractivity contribution is -0.187. The number of unbranched alkanes of at least 4 members (excludes halogenated alkanes) is 12. The van der Waals surface area contributed by atoms with Crippen molar-refractivity contribution in [3.8, 4) is 11.5 Å². The number of ether oxygens (including phenoxy) is 2. The third kappa shape index (κ3) is 5.76. The zero-order valence-corrected chi connectivity index (χ0v) is 25.3. The molecule has 6 heteroatoms. The second-order valence-corrected chi connectivity index (χ2v) is 13.0. The lowest BCUT2D eigenvalue weighted by atomic mass is 9.49. The third-order valence-electron chi connectivity index (χ3n) is 10.4. The van der Waals surface area contributed by atoms with E-state index in [1.165, 1.54) is 64.2 Å². The van der Waals surface area contributed by atoms with Crippen molar-refractivity contribution in [1.29, 1.82) is 0 Å². The van der Waals surface area contributed by atoms with Gasteiger partial charge in [-0.25, -0.2) is 0 Å². The van der Waals surface area contributed by atoms with E-state index < -0.39 is 17.1 Å². The molecule has 2 fully saturated rings. The van der Waals surface area contributed by atoms with Crippen molar-refractivity contribution in [3.63, 3.8) is 0 Å². The molecule has 1 aromatic carbocycles. The molecule has 2 aliphatic carbocycles. The molecule has 0 radical (unpaired) electrons. The first kappa shape index (κ1) is 30.3. The van der Waals surface area contributed by atoms with Crippen LogP contribution in [0.2, 0.25) is 0 Å². The molecule has 4 atom stereocenters. The normalized spacial score (nSPS) is 27.8. The Morgan fingerprint density at radius 1 is 1.05 bits per heavy atom. The molecule has 1 spiro atoms. The van der Waals surface area contributed by atoms with Crippen LogP contribution >= 0.6 is 0 Å². The third-order valence-corrected chi connectivity index (χ3v) is 10.4. The summed E-state index contributed by atoms with van der Waals surface area (Å²) < 4.78 is 12.2. The first-order valence-corrected chi connectivity index (χ1v) is 16.6. The number of Topliss-reactive ketones (excluding diaryl/α,β-unsaturated/α-hetero) is 1. The van der Waals surface area contributed by atoms with E-state index in [4.69, 9.17) is 9.47 Å². The fraction of sp³-hybridized carbons (Fsp3) is 0.714. The van der Waals surface area contributed by atoms with Crippen LogP contribution in [0.1, 0.15) is 127 Å². The highest BCUT2D eigenvalue weighted by Gasteiger charge is 2.73. The number of aliphatic hydroxyl groups is 1. The minimum absolute atomic E-state index is 0.0406. The highest BCUT2D eigenvalue weighted by Crippen LogP contribution is 2.64. The van der Waals surface area contributed by atoms with Crippen LogP contribution in [0, 0.1) is 0 Å². The summed E-state index contributed by atoms with van der Waals surface area (Å²) in [6.07, 6.45) is 20.0. The summed E-state index contributed by atoms with van der Waals surface area (Å²) in [6.45, 7) is 7.66. The van der Waals surface area contributed by atoms with E-state index in [1.54, 1.807) is 0 Å². The molecule has 1 saturated carbocycles. The Labute approximate surface area is 246 Å². The molecular weight excluding hydrogens is 514 g/mol. The maximum atomic E-state index is 13.2. The Hall–Kier alpha value is -2.18. The van der Waals surface area contributed by atoms with Gasteiger partial charge in [0.2, 0.25) is 0 Å². The van der Waals surface area contributed by atoms with Gasteiger partial charge < -0.3 is 14.6 Å². The Morgan fingerprint density at radius 2 is 1.71 bits per heavy atom. The number of benzene rings is 1. The molecule has 0 amide bonds. The fourth-order valence-electron chi connectivity index (χ4n) is 8.33. The summed E-state index contributed by atoms with van der Waals surface area (Å²) in [6, 6.07) is 3.76. The van der Waals surface area contributed by atoms with Crippen LogP contribution in [0.3, 0.4) is 0 Å². The number of carbonyl (C=O) groups is 2. The summed E-state index contributed by atoms with van der Waals surface area (Å²) in [5.74, 6) is 0.695. The molecule has 4 aliphatic rings. The van der Waals surface area contributed by atoms with Crippen LogP contribution in [-0.2, 0) is 21.4 Å². The van der Waals surface area contributed by atoms with Gasteiger partial charge >= 0.3 is 5.97 Å². The fourth-order valence-corrected chi connectivity index (χ4v) is 8.33. The number of likely N-dealkylation sites (tertiary alicyclic amines) is 1. The predicted octanol–water partition coefficient (Wildman–Crippen LogP) is 6.98. The van der Waals surface area contributed by atoms with Crippen LogP contribution in [0.5, 0.6) is 11.5 Å². The monoisotopic (exact) mass is 565 g/mol. The predicted molar refractivity (Wildman–Crippen MR) is 162 cm³/mol. The smallest absolute Gasteiger partial charge is 0.311 e. The molecule has 1 saturated heterocycles. The molecule has 226 valence electrons. The number of carbonyl (C=O) groups excluding carboxylic acids is 2. The van der Waals surface area contributed by atoms with E-state index in [1.807, 2.05) is 18.2 Å². The molecule has 5 rings (SSSR count). The number of piperidine rings is 1. The molecule has 6 nitrogen and oxygen atoms in total. The van der Waals surface area contributed by atoms with E-state index in [2.05, 4.69) is 18.4 Å². The summed E-state index contributed by atoms with van der Waals surface area (Å²) in [5, 5.41) is 12.3. The number of nitrogens with zero attached hydrogens (tertiary/aromatic N) is 1. The first-order valence-electron chi connectivity index (χ1n) is 16.6. The molecule has 41 heavy (non-hydrogen) atoms. The molecule has 2 aliphatic heterocycles. The Bertz CT molecular complexity index is 1100. The van der Waals surface area contributed by atoms with Crippen molar-refractivity contribution in [2.45, 2.75) is 146 Å². The molecule has 0 unspecified atom stereocenters. The van der Waals surface area contributed by atoms with Gasteiger partial charge in [0, 0.05) is 37.5 Å². The van der Waals surface area contributed by atoms with Crippen LogP contribution in [0.15, 0.2) is 24.8 Å². The number of hydrogen-bond acceptors (Lipinski definition) is 6. The second kappa shape index (κ2) is 13.4. The summed E-state index contributed by atoms with van der Waals surface area (Å²) in [5.41, 5.74) is 0.184. The van der Waals surface area contributed by atoms with Crippen LogP contribution in [0.25, 0.3) is 0 Å². The van der Waals surface area contributed by atoms with Crippen molar-refractivity contribution < 1.29 is 24.2 Å². The van der Waals surface area contributed by atoms with Crippen LogP contribution in [-0.4, -0.2) is 52.6 Å². The Morgan fingerprint density at radius 3 is 2.37 bits per heavy atom. The molecule has 1 aromatic rings. The highest BCUT2D eigenvalue weighted by molar-refractivity contribution is 5.90. The van der Waals surface area contributed by atoms with E-state index in [0.717, 1.165) is 36.9 Å². The average molecular weight is 566 g/mol. The van der Waals surface area contributed by atoms with Gasteiger partial charge in [0.25, 0.3) is 0 Å². The number of hydrogen-bond donors (Lipinski definition) is 1. The van der Waals surface area contributed by atoms with Gasteiger partial charge in [-0.2, -0.15) is 0 Å². The molecule has 2 heterocycles. The van der Waals surface area contributed by atoms with Crippen LogP contribution in [0.4, 0.5) is 0 Å². The molecule has 0 aromatic heterocycles. The summed E-state index contributed by atoms with van der Waals surface area (Å²) >= 11 is 0. The van der Waals surface area contributed by atoms with E-state index >= 15 is 0 Å². The van der Waals surface area contributed by atoms with Gasteiger partial charge in [0.15, 0.2) is 23.4 Å². The van der Waals surface area contributed by atoms with Crippen molar-refractivity contribution in [2.24, 2.45) is 0 Å². The zero-order valence-electron chi connectivity index (χ0n) is 25.3. The lowest BCUT2D eigenvalue weighted by Gasteiger charge is -2.62. The van der Waals surface area contributed by atoms with Gasteiger partial charge in [0.05, 0.1) is 11.0 Å². The van der Waals surface area contributed by atoms with Crippen molar-refractivity contribution in [2.75, 3.05) is 13.1 Å². The molecule has 2 bridgehead atoms. The first-order chi connectivity index (χ1) is 20.0. The van der Waals surface area contributed by atoms with E-state index in [0.29, 0.717) is 50.1 Å². The van der Waals surface area contributed by atoms with Gasteiger partial charge in [-0.05, 0) is 37.3 Å². The van der Waals surface area contributed by atoms with Gasteiger partial charge in [-0.3, -0.25) is 14.5 Å². The van der Waals surface area contributed by atoms with E-state index in [9.17, 15) is 14.7 Å². The number of rotatable bonds is 17. The van der Waals surface area contributed by atoms with Crippen molar-refractivity contribution >= 4 is 11.8 Å². The summed E-state index contributed by atoms with van der Waals surface area (Å²) in [4.78, 5) is 28.3. The standard InChI is InChI=1S/C35H51NO5/c1-3-5-6-7-8-9-10-11-12-13-14-15-16-17-30(38)40-28-19-18-26-25-29-35(39)21-20-27(37)33-34(35,31(26)32(28)41-33)22-24-36(29)23-4-2/h4,18-19,29,33,39H,2-3,5-17,20-25H2,1H3/t29-,33+,34+,35-/m1/s1. The zero-order chi connectivity index (χ0) is 28.9. The van der Waals surface area contributed by atoms with Crippen molar-refractivity contribution in [1.82, 2.24) is 4.90 Å².